The number of nitrogens with one attached hydrogen (secondary N) is 1. The van der Waals surface area contributed by atoms with Gasteiger partial charge in [0.25, 0.3) is 0 Å². The van der Waals surface area contributed by atoms with Gasteiger partial charge >= 0.3 is 0 Å². The summed E-state index contributed by atoms with van der Waals surface area (Å²) < 4.78 is 5.12. The molecule has 0 aromatic carbocycles. The van der Waals surface area contributed by atoms with Crippen molar-refractivity contribution in [3.8, 4) is 0 Å². The number of rotatable bonds is 10. The zero-order valence-electron chi connectivity index (χ0n) is 9.84. The fraction of sp³-hybridized carbons (Fsp3) is 1.00. The van der Waals surface area contributed by atoms with E-state index in [-0.39, 0.29) is 0 Å². The molecule has 0 bridgehead atoms. The van der Waals surface area contributed by atoms with E-state index in [1.54, 1.807) is 7.11 Å². The van der Waals surface area contributed by atoms with Gasteiger partial charge in [0, 0.05) is 13.2 Å². The number of hydrogen-bond donors (Lipinski definition) is 1. The summed E-state index contributed by atoms with van der Waals surface area (Å²) in [5, 5.41) is 3.52. The smallest absolute Gasteiger partial charge is 0.0615 e. The summed E-state index contributed by atoms with van der Waals surface area (Å²) in [5.41, 5.74) is 0. The van der Waals surface area contributed by atoms with Crippen LogP contribution in [0, 0.1) is 0 Å². The Kier molecular flexibility index (Phi) is 11.6. The molecule has 1 unspecified atom stereocenters. The van der Waals surface area contributed by atoms with Gasteiger partial charge in [-0.1, -0.05) is 13.3 Å². The number of methoxy groups -OCH3 is 1. The van der Waals surface area contributed by atoms with Gasteiger partial charge in [0.05, 0.1) is 6.61 Å². The van der Waals surface area contributed by atoms with Gasteiger partial charge in [-0.3, -0.25) is 0 Å². The van der Waals surface area contributed by atoms with Crippen LogP contribution < -0.4 is 5.32 Å². The molecule has 0 heterocycles. The van der Waals surface area contributed by atoms with Crippen molar-refractivity contribution >= 4 is 11.8 Å². The molecule has 0 amide bonds. The highest BCUT2D eigenvalue weighted by molar-refractivity contribution is 7.98. The summed E-state index contributed by atoms with van der Waals surface area (Å²) >= 11 is 1.94. The molecule has 14 heavy (non-hydrogen) atoms. The van der Waals surface area contributed by atoms with Gasteiger partial charge in [-0.15, -0.1) is 0 Å². The van der Waals surface area contributed by atoms with Gasteiger partial charge in [-0.25, -0.2) is 0 Å². The van der Waals surface area contributed by atoms with Crippen LogP contribution in [0.1, 0.15) is 32.6 Å². The molecule has 0 saturated carbocycles. The lowest BCUT2D eigenvalue weighted by molar-refractivity contribution is 0.164. The predicted octanol–water partition coefficient (Wildman–Crippen LogP) is 2.53. The highest BCUT2D eigenvalue weighted by atomic mass is 32.2. The minimum atomic E-state index is 0.542. The summed E-state index contributed by atoms with van der Waals surface area (Å²) in [6.45, 7) is 4.17. The minimum absolute atomic E-state index is 0.542. The van der Waals surface area contributed by atoms with Crippen LogP contribution in [0.2, 0.25) is 0 Å². The maximum atomic E-state index is 5.12. The van der Waals surface area contributed by atoms with Crippen molar-refractivity contribution in [2.75, 3.05) is 32.3 Å². The molecule has 86 valence electrons. The third-order valence-electron chi connectivity index (χ3n) is 2.32. The molecule has 0 aliphatic heterocycles. The lowest BCUT2D eigenvalue weighted by Crippen LogP contribution is -2.33. The Morgan fingerprint density at radius 2 is 2.07 bits per heavy atom. The predicted molar refractivity (Wildman–Crippen MR) is 66.2 cm³/mol. The van der Waals surface area contributed by atoms with E-state index in [0.29, 0.717) is 6.04 Å². The van der Waals surface area contributed by atoms with Crippen molar-refractivity contribution in [3.05, 3.63) is 0 Å². The largest absolute Gasteiger partial charge is 0.383 e. The zero-order chi connectivity index (χ0) is 10.6. The Morgan fingerprint density at radius 3 is 2.64 bits per heavy atom. The lowest BCUT2D eigenvalue weighted by atomic mass is 10.2. The van der Waals surface area contributed by atoms with E-state index in [1.165, 1.54) is 25.0 Å². The van der Waals surface area contributed by atoms with Gasteiger partial charge in [0.1, 0.15) is 0 Å². The number of hydrogen-bond acceptors (Lipinski definition) is 3. The van der Waals surface area contributed by atoms with Crippen molar-refractivity contribution in [2.24, 2.45) is 0 Å². The SMILES string of the molecule is CCC(COC)NCCCCCSC. The Hall–Kier alpha value is 0.270. The molecule has 0 rings (SSSR count). The second-order valence-corrected chi connectivity index (χ2v) is 4.55. The van der Waals surface area contributed by atoms with E-state index >= 15 is 0 Å². The Labute approximate surface area is 93.2 Å². The van der Waals surface area contributed by atoms with Crippen molar-refractivity contribution in [2.45, 2.75) is 38.6 Å². The molecule has 0 fully saturated rings. The fourth-order valence-electron chi connectivity index (χ4n) is 1.38. The molecule has 0 spiro atoms. The number of unbranched alkanes of at least 4 members (excludes halogenated alkanes) is 2. The van der Waals surface area contributed by atoms with E-state index in [2.05, 4.69) is 18.5 Å². The third kappa shape index (κ3) is 8.85. The number of ether oxygens (including phenoxy) is 1. The maximum Gasteiger partial charge on any atom is 0.0615 e. The fourth-order valence-corrected chi connectivity index (χ4v) is 1.87. The van der Waals surface area contributed by atoms with Crippen LogP contribution in [0.5, 0.6) is 0 Å². The monoisotopic (exact) mass is 219 g/mol. The molecule has 0 aromatic heterocycles. The van der Waals surface area contributed by atoms with Gasteiger partial charge in [0.15, 0.2) is 0 Å². The summed E-state index contributed by atoms with van der Waals surface area (Å²) in [7, 11) is 1.77. The second-order valence-electron chi connectivity index (χ2n) is 3.57. The Balaban J connectivity index is 3.15. The number of thioether (sulfide) groups is 1. The first-order valence-corrected chi connectivity index (χ1v) is 6.95. The topological polar surface area (TPSA) is 21.3 Å². The van der Waals surface area contributed by atoms with Crippen molar-refractivity contribution < 1.29 is 4.74 Å². The van der Waals surface area contributed by atoms with Gasteiger partial charge in [-0.2, -0.15) is 11.8 Å². The molecule has 0 saturated heterocycles. The third-order valence-corrected chi connectivity index (χ3v) is 3.02. The average molecular weight is 219 g/mol. The molecule has 0 aliphatic rings. The van der Waals surface area contributed by atoms with E-state index in [9.17, 15) is 0 Å². The normalized spacial score (nSPS) is 13.1. The minimum Gasteiger partial charge on any atom is -0.383 e. The highest BCUT2D eigenvalue weighted by Gasteiger charge is 2.02. The van der Waals surface area contributed by atoms with Crippen molar-refractivity contribution in [3.63, 3.8) is 0 Å². The molecule has 0 radical (unpaired) electrons. The molecular weight excluding hydrogens is 194 g/mol. The van der Waals surface area contributed by atoms with E-state index in [4.69, 9.17) is 4.74 Å². The maximum absolute atomic E-state index is 5.12. The van der Waals surface area contributed by atoms with Gasteiger partial charge in [0.2, 0.25) is 0 Å². The van der Waals surface area contributed by atoms with E-state index in [0.717, 1.165) is 19.6 Å². The molecule has 1 N–H and O–H groups in total. The van der Waals surface area contributed by atoms with Crippen LogP contribution in [-0.4, -0.2) is 38.3 Å². The summed E-state index contributed by atoms with van der Waals surface area (Å²) in [4.78, 5) is 0. The van der Waals surface area contributed by atoms with Crippen LogP contribution in [0.15, 0.2) is 0 Å². The van der Waals surface area contributed by atoms with Crippen molar-refractivity contribution in [1.82, 2.24) is 5.32 Å². The Bertz CT molecular complexity index is 111. The van der Waals surface area contributed by atoms with Crippen molar-refractivity contribution in [1.29, 1.82) is 0 Å². The van der Waals surface area contributed by atoms with E-state index in [1.807, 2.05) is 11.8 Å². The van der Waals surface area contributed by atoms with Crippen LogP contribution >= 0.6 is 11.8 Å². The first-order valence-electron chi connectivity index (χ1n) is 5.56. The Morgan fingerprint density at radius 1 is 1.29 bits per heavy atom. The van der Waals surface area contributed by atoms with Crippen LogP contribution in [0.3, 0.4) is 0 Å². The second kappa shape index (κ2) is 11.3. The van der Waals surface area contributed by atoms with Crippen LogP contribution in [-0.2, 0) is 4.74 Å². The lowest BCUT2D eigenvalue weighted by Gasteiger charge is -2.15. The first kappa shape index (κ1) is 14.3. The molecule has 1 atom stereocenters. The quantitative estimate of drug-likeness (QED) is 0.571. The molecular formula is C11H25NOS. The van der Waals surface area contributed by atoms with E-state index < -0.39 is 0 Å². The van der Waals surface area contributed by atoms with Gasteiger partial charge in [-0.05, 0) is 37.8 Å². The standard InChI is InChI=1S/C11H25NOS/c1-4-11(10-13-2)12-8-6-5-7-9-14-3/h11-12H,4-10H2,1-3H3. The summed E-state index contributed by atoms with van der Waals surface area (Å²) in [6.07, 6.45) is 7.31. The highest BCUT2D eigenvalue weighted by Crippen LogP contribution is 2.01. The molecule has 2 nitrogen and oxygen atoms in total. The molecule has 0 aromatic rings. The zero-order valence-corrected chi connectivity index (χ0v) is 10.7. The van der Waals surface area contributed by atoms with Crippen LogP contribution in [0.25, 0.3) is 0 Å². The van der Waals surface area contributed by atoms with Crippen LogP contribution in [0.4, 0.5) is 0 Å². The molecule has 3 heteroatoms. The first-order chi connectivity index (χ1) is 6.85. The summed E-state index contributed by atoms with van der Waals surface area (Å²) in [5.74, 6) is 1.30. The summed E-state index contributed by atoms with van der Waals surface area (Å²) in [6, 6.07) is 0.542. The average Bonchev–Trinajstić information content (AvgIpc) is 2.21. The molecule has 0 aliphatic carbocycles. The van der Waals surface area contributed by atoms with Gasteiger partial charge < -0.3 is 10.1 Å².